The van der Waals surface area contributed by atoms with E-state index >= 15 is 0 Å². The Hall–Kier alpha value is -1.65. The van der Waals surface area contributed by atoms with Crippen LogP contribution in [0, 0.1) is 5.92 Å². The van der Waals surface area contributed by atoms with Crippen LogP contribution in [0.5, 0.6) is 5.75 Å². The zero-order valence-electron chi connectivity index (χ0n) is 12.2. The van der Waals surface area contributed by atoms with Gasteiger partial charge in [-0.3, -0.25) is 9.88 Å². The average molecular weight is 284 g/mol. The predicted octanol–water partition coefficient (Wildman–Crippen LogP) is 2.37. The number of fused-ring (bicyclic) bond motifs is 3. The molecule has 2 fully saturated rings. The lowest BCUT2D eigenvalue weighted by atomic mass is 9.92. The van der Waals surface area contributed by atoms with Crippen LogP contribution in [0.15, 0.2) is 30.5 Å². The summed E-state index contributed by atoms with van der Waals surface area (Å²) in [5, 5.41) is 11.9. The fourth-order valence-corrected chi connectivity index (χ4v) is 3.91. The van der Waals surface area contributed by atoms with E-state index in [4.69, 9.17) is 4.74 Å². The second kappa shape index (κ2) is 4.97. The molecule has 21 heavy (non-hydrogen) atoms. The summed E-state index contributed by atoms with van der Waals surface area (Å²) in [7, 11) is 1.66. The molecule has 4 atom stereocenters. The number of aliphatic hydroxyl groups is 1. The van der Waals surface area contributed by atoms with Gasteiger partial charge in [0.15, 0.2) is 0 Å². The van der Waals surface area contributed by atoms with Gasteiger partial charge in [-0.1, -0.05) is 0 Å². The quantitative estimate of drug-likeness (QED) is 0.940. The molecule has 0 radical (unpaired) electrons. The number of aromatic nitrogens is 1. The van der Waals surface area contributed by atoms with Crippen LogP contribution in [0.1, 0.15) is 24.5 Å². The van der Waals surface area contributed by atoms with Gasteiger partial charge in [-0.2, -0.15) is 0 Å². The Kier molecular flexibility index (Phi) is 3.08. The third kappa shape index (κ3) is 2.10. The van der Waals surface area contributed by atoms with Gasteiger partial charge in [-0.05, 0) is 55.1 Å². The van der Waals surface area contributed by atoms with Gasteiger partial charge in [0.25, 0.3) is 0 Å². The minimum Gasteiger partial charge on any atom is -0.497 e. The second-order valence-electron chi connectivity index (χ2n) is 6.18. The van der Waals surface area contributed by atoms with Gasteiger partial charge < -0.3 is 9.84 Å². The average Bonchev–Trinajstić information content (AvgIpc) is 3.16. The molecule has 1 N–H and O–H groups in total. The molecule has 3 heterocycles. The van der Waals surface area contributed by atoms with Crippen molar-refractivity contribution in [2.45, 2.75) is 25.0 Å². The van der Waals surface area contributed by atoms with Crippen molar-refractivity contribution in [3.63, 3.8) is 0 Å². The van der Waals surface area contributed by atoms with E-state index in [1.54, 1.807) is 13.3 Å². The van der Waals surface area contributed by atoms with Gasteiger partial charge >= 0.3 is 0 Å². The SMILES string of the molecule is COc1ccc2nccc(C(O)C3CC4CCN3C4)c2c1. The number of hydrogen-bond acceptors (Lipinski definition) is 4. The van der Waals surface area contributed by atoms with Crippen molar-refractivity contribution in [1.82, 2.24) is 9.88 Å². The van der Waals surface area contributed by atoms with E-state index in [-0.39, 0.29) is 6.04 Å². The molecule has 0 aliphatic carbocycles. The Labute approximate surface area is 124 Å². The van der Waals surface area contributed by atoms with E-state index in [0.29, 0.717) is 0 Å². The zero-order valence-corrected chi connectivity index (χ0v) is 12.2. The first-order valence-corrected chi connectivity index (χ1v) is 7.61. The standard InChI is InChI=1S/C17H20N2O2/c1-21-12-2-3-15-14(9-12)13(4-6-18-15)17(20)16-8-11-5-7-19(16)10-11/h2-4,6,9,11,16-17,20H,5,7-8,10H2,1H3. The van der Waals surface area contributed by atoms with Crippen LogP contribution in [0.25, 0.3) is 10.9 Å². The zero-order chi connectivity index (χ0) is 14.4. The number of methoxy groups -OCH3 is 1. The maximum atomic E-state index is 10.9. The van der Waals surface area contributed by atoms with Gasteiger partial charge in [-0.15, -0.1) is 0 Å². The van der Waals surface area contributed by atoms with Crippen LogP contribution in [0.2, 0.25) is 0 Å². The van der Waals surface area contributed by atoms with Gasteiger partial charge in [0.1, 0.15) is 5.75 Å². The smallest absolute Gasteiger partial charge is 0.119 e. The highest BCUT2D eigenvalue weighted by Gasteiger charge is 2.41. The Morgan fingerprint density at radius 1 is 1.38 bits per heavy atom. The van der Waals surface area contributed by atoms with E-state index in [9.17, 15) is 5.11 Å². The van der Waals surface area contributed by atoms with Crippen LogP contribution in [0.4, 0.5) is 0 Å². The van der Waals surface area contributed by atoms with Crippen LogP contribution in [0.3, 0.4) is 0 Å². The lowest BCUT2D eigenvalue weighted by Gasteiger charge is -2.30. The predicted molar refractivity (Wildman–Crippen MR) is 81.3 cm³/mol. The first-order chi connectivity index (χ1) is 10.3. The molecule has 2 aromatic rings. The Bertz CT molecular complexity index is 673. The highest BCUT2D eigenvalue weighted by Crippen LogP contribution is 2.40. The second-order valence-corrected chi connectivity index (χ2v) is 6.18. The minimum absolute atomic E-state index is 0.251. The number of hydrogen-bond donors (Lipinski definition) is 1. The molecule has 0 spiro atoms. The number of rotatable bonds is 3. The normalized spacial score (nSPS) is 29.0. The van der Waals surface area contributed by atoms with Crippen molar-refractivity contribution < 1.29 is 9.84 Å². The topological polar surface area (TPSA) is 45.6 Å². The van der Waals surface area contributed by atoms with Crippen molar-refractivity contribution in [3.05, 3.63) is 36.0 Å². The third-order valence-electron chi connectivity index (χ3n) is 5.03. The summed E-state index contributed by atoms with van der Waals surface area (Å²) in [5.41, 5.74) is 1.88. The molecule has 1 aromatic heterocycles. The largest absolute Gasteiger partial charge is 0.497 e. The Balaban J connectivity index is 1.75. The summed E-state index contributed by atoms with van der Waals surface area (Å²) in [6, 6.07) is 8.03. The molecular formula is C17H20N2O2. The summed E-state index contributed by atoms with van der Waals surface area (Å²) < 4.78 is 5.31. The number of ether oxygens (including phenoxy) is 1. The molecule has 2 bridgehead atoms. The molecule has 4 rings (SSSR count). The van der Waals surface area contributed by atoms with Crippen LogP contribution in [-0.4, -0.2) is 41.2 Å². The lowest BCUT2D eigenvalue weighted by Crippen LogP contribution is -2.35. The van der Waals surface area contributed by atoms with Crippen molar-refractivity contribution in [1.29, 1.82) is 0 Å². The Morgan fingerprint density at radius 2 is 2.29 bits per heavy atom. The summed E-state index contributed by atoms with van der Waals surface area (Å²) in [6.45, 7) is 2.27. The summed E-state index contributed by atoms with van der Waals surface area (Å²) in [6.07, 6.45) is 3.73. The number of piperidine rings is 1. The summed E-state index contributed by atoms with van der Waals surface area (Å²) >= 11 is 0. The first-order valence-electron chi connectivity index (χ1n) is 7.61. The van der Waals surface area contributed by atoms with Crippen LogP contribution in [-0.2, 0) is 0 Å². The summed E-state index contributed by atoms with van der Waals surface area (Å²) in [5.74, 6) is 1.57. The highest BCUT2D eigenvalue weighted by molar-refractivity contribution is 5.83. The Morgan fingerprint density at radius 3 is 3.00 bits per heavy atom. The van der Waals surface area contributed by atoms with Crippen molar-refractivity contribution in [3.8, 4) is 5.75 Å². The molecular weight excluding hydrogens is 264 g/mol. The third-order valence-corrected chi connectivity index (χ3v) is 5.03. The molecule has 2 saturated heterocycles. The van der Waals surface area contributed by atoms with Gasteiger partial charge in [0, 0.05) is 24.2 Å². The van der Waals surface area contributed by atoms with Crippen LogP contribution < -0.4 is 4.74 Å². The molecule has 4 heteroatoms. The van der Waals surface area contributed by atoms with E-state index in [1.165, 1.54) is 6.42 Å². The maximum absolute atomic E-state index is 10.9. The number of pyridine rings is 1. The van der Waals surface area contributed by atoms with Gasteiger partial charge in [-0.25, -0.2) is 0 Å². The molecule has 0 saturated carbocycles. The van der Waals surface area contributed by atoms with Crippen molar-refractivity contribution in [2.75, 3.05) is 20.2 Å². The molecule has 2 aliphatic heterocycles. The monoisotopic (exact) mass is 284 g/mol. The number of benzene rings is 1. The molecule has 110 valence electrons. The molecule has 4 unspecified atom stereocenters. The van der Waals surface area contributed by atoms with E-state index in [1.807, 2.05) is 24.3 Å². The molecule has 1 aromatic carbocycles. The number of aliphatic hydroxyl groups excluding tert-OH is 1. The van der Waals surface area contributed by atoms with E-state index in [2.05, 4.69) is 9.88 Å². The van der Waals surface area contributed by atoms with Crippen LogP contribution >= 0.6 is 0 Å². The maximum Gasteiger partial charge on any atom is 0.119 e. The summed E-state index contributed by atoms with van der Waals surface area (Å²) in [4.78, 5) is 6.83. The van der Waals surface area contributed by atoms with Crippen molar-refractivity contribution >= 4 is 10.9 Å². The van der Waals surface area contributed by atoms with E-state index < -0.39 is 6.10 Å². The van der Waals surface area contributed by atoms with E-state index in [0.717, 1.165) is 47.6 Å². The molecule has 4 nitrogen and oxygen atoms in total. The highest BCUT2D eigenvalue weighted by atomic mass is 16.5. The fourth-order valence-electron chi connectivity index (χ4n) is 3.91. The number of nitrogens with zero attached hydrogens (tertiary/aromatic N) is 2. The first kappa shape index (κ1) is 13.0. The van der Waals surface area contributed by atoms with Crippen molar-refractivity contribution in [2.24, 2.45) is 5.92 Å². The fraction of sp³-hybridized carbons (Fsp3) is 0.471. The van der Waals surface area contributed by atoms with Gasteiger partial charge in [0.2, 0.25) is 0 Å². The molecule has 0 amide bonds. The lowest BCUT2D eigenvalue weighted by molar-refractivity contribution is 0.0702. The minimum atomic E-state index is -0.451. The van der Waals surface area contributed by atoms with Gasteiger partial charge in [0.05, 0.1) is 18.7 Å². The molecule has 2 aliphatic rings.